The van der Waals surface area contributed by atoms with Crippen LogP contribution in [0.15, 0.2) is 18.2 Å². The molecule has 1 amide bonds. The second-order valence-electron chi connectivity index (χ2n) is 4.11. The number of nitro groups is 1. The van der Waals surface area contributed by atoms with Gasteiger partial charge in [0.2, 0.25) is 0 Å². The molecule has 0 saturated heterocycles. The predicted molar refractivity (Wildman–Crippen MR) is 67.0 cm³/mol. The number of rotatable bonds is 4. The third kappa shape index (κ3) is 3.51. The highest BCUT2D eigenvalue weighted by Crippen LogP contribution is 2.21. The Morgan fingerprint density at radius 1 is 1.37 bits per heavy atom. The van der Waals surface area contributed by atoms with Crippen molar-refractivity contribution in [3.8, 4) is 0 Å². The maximum Gasteiger partial charge on any atom is 0.338 e. The van der Waals surface area contributed by atoms with Crippen LogP contribution in [0.25, 0.3) is 0 Å². The molecule has 0 aliphatic heterocycles. The zero-order chi connectivity index (χ0) is 14.6. The first kappa shape index (κ1) is 14.6. The molecule has 0 aromatic heterocycles. The number of benzene rings is 1. The third-order valence-electron chi connectivity index (χ3n) is 2.28. The SMILES string of the molecule is COC(=O)c1ccc(C(=O)NC(C)C)c([N+](=O)[O-])c1. The molecule has 7 heteroatoms. The smallest absolute Gasteiger partial charge is 0.338 e. The van der Waals surface area contributed by atoms with Crippen molar-refractivity contribution in [2.45, 2.75) is 19.9 Å². The van der Waals surface area contributed by atoms with Crippen LogP contribution in [0.1, 0.15) is 34.6 Å². The summed E-state index contributed by atoms with van der Waals surface area (Å²) in [6.45, 7) is 3.49. The van der Waals surface area contributed by atoms with Gasteiger partial charge in [0.05, 0.1) is 17.6 Å². The monoisotopic (exact) mass is 266 g/mol. The maximum atomic E-state index is 11.8. The number of hydrogen-bond acceptors (Lipinski definition) is 5. The maximum absolute atomic E-state index is 11.8. The van der Waals surface area contributed by atoms with Crippen molar-refractivity contribution in [1.29, 1.82) is 0 Å². The number of nitrogens with zero attached hydrogens (tertiary/aromatic N) is 1. The molecule has 0 saturated carbocycles. The topological polar surface area (TPSA) is 98.5 Å². The summed E-state index contributed by atoms with van der Waals surface area (Å²) in [6.07, 6.45) is 0. The molecule has 0 unspecified atom stereocenters. The lowest BCUT2D eigenvalue weighted by atomic mass is 10.1. The lowest BCUT2D eigenvalue weighted by Gasteiger charge is -2.09. The van der Waals surface area contributed by atoms with Crippen LogP contribution >= 0.6 is 0 Å². The van der Waals surface area contributed by atoms with E-state index in [2.05, 4.69) is 10.1 Å². The molecular formula is C12H14N2O5. The molecule has 1 aromatic carbocycles. The number of esters is 1. The number of nitro benzene ring substituents is 1. The molecule has 0 fully saturated rings. The van der Waals surface area contributed by atoms with Gasteiger partial charge in [0.1, 0.15) is 5.56 Å². The van der Waals surface area contributed by atoms with Gasteiger partial charge in [0, 0.05) is 12.1 Å². The van der Waals surface area contributed by atoms with Crippen molar-refractivity contribution in [1.82, 2.24) is 5.32 Å². The Morgan fingerprint density at radius 3 is 2.47 bits per heavy atom. The number of carbonyl (C=O) groups excluding carboxylic acids is 2. The molecular weight excluding hydrogens is 252 g/mol. The van der Waals surface area contributed by atoms with Gasteiger partial charge in [-0.15, -0.1) is 0 Å². The van der Waals surface area contributed by atoms with E-state index in [0.29, 0.717) is 0 Å². The molecule has 7 nitrogen and oxygen atoms in total. The first-order valence-electron chi connectivity index (χ1n) is 5.54. The fourth-order valence-electron chi connectivity index (χ4n) is 1.46. The highest BCUT2D eigenvalue weighted by atomic mass is 16.6. The van der Waals surface area contributed by atoms with Crippen molar-refractivity contribution >= 4 is 17.6 Å². The average molecular weight is 266 g/mol. The Bertz CT molecular complexity index is 525. The highest BCUT2D eigenvalue weighted by molar-refractivity contribution is 6.00. The van der Waals surface area contributed by atoms with Gasteiger partial charge in [0.15, 0.2) is 0 Å². The molecule has 0 heterocycles. The first-order valence-corrected chi connectivity index (χ1v) is 5.54. The van der Waals surface area contributed by atoms with E-state index in [1.165, 1.54) is 19.2 Å². The van der Waals surface area contributed by atoms with Crippen LogP contribution in [-0.4, -0.2) is 30.0 Å². The summed E-state index contributed by atoms with van der Waals surface area (Å²) >= 11 is 0. The summed E-state index contributed by atoms with van der Waals surface area (Å²) in [4.78, 5) is 33.3. The molecule has 0 bridgehead atoms. The number of methoxy groups -OCH3 is 1. The fraction of sp³-hybridized carbons (Fsp3) is 0.333. The molecule has 1 N–H and O–H groups in total. The Morgan fingerprint density at radius 2 is 2.00 bits per heavy atom. The number of nitrogens with one attached hydrogen (secondary N) is 1. The van der Waals surface area contributed by atoms with E-state index in [-0.39, 0.29) is 17.2 Å². The minimum Gasteiger partial charge on any atom is -0.465 e. The van der Waals surface area contributed by atoms with Gasteiger partial charge in [-0.3, -0.25) is 14.9 Å². The van der Waals surface area contributed by atoms with Crippen LogP contribution in [0.5, 0.6) is 0 Å². The molecule has 0 atom stereocenters. The average Bonchev–Trinajstić information content (AvgIpc) is 2.36. The number of hydrogen-bond donors (Lipinski definition) is 1. The van der Waals surface area contributed by atoms with Crippen molar-refractivity contribution < 1.29 is 19.2 Å². The summed E-state index contributed by atoms with van der Waals surface area (Å²) in [6, 6.07) is 3.43. The zero-order valence-electron chi connectivity index (χ0n) is 10.8. The molecule has 0 radical (unpaired) electrons. The van der Waals surface area contributed by atoms with E-state index < -0.39 is 22.5 Å². The third-order valence-corrected chi connectivity index (χ3v) is 2.28. The van der Waals surface area contributed by atoms with Crippen molar-refractivity contribution in [3.63, 3.8) is 0 Å². The Hall–Kier alpha value is -2.44. The number of amides is 1. The minimum atomic E-state index is -0.707. The van der Waals surface area contributed by atoms with E-state index in [9.17, 15) is 19.7 Å². The lowest BCUT2D eigenvalue weighted by Crippen LogP contribution is -2.30. The van der Waals surface area contributed by atoms with Crippen molar-refractivity contribution in [3.05, 3.63) is 39.4 Å². The quantitative estimate of drug-likeness (QED) is 0.506. The molecule has 0 aliphatic carbocycles. The van der Waals surface area contributed by atoms with Gasteiger partial charge < -0.3 is 10.1 Å². The van der Waals surface area contributed by atoms with E-state index in [1.807, 2.05) is 0 Å². The van der Waals surface area contributed by atoms with Crippen molar-refractivity contribution in [2.24, 2.45) is 0 Å². The van der Waals surface area contributed by atoms with Crippen LogP contribution in [0.4, 0.5) is 5.69 Å². The van der Waals surface area contributed by atoms with Crippen LogP contribution in [0, 0.1) is 10.1 Å². The molecule has 1 rings (SSSR count). The van der Waals surface area contributed by atoms with Crippen LogP contribution < -0.4 is 5.32 Å². The van der Waals surface area contributed by atoms with Gasteiger partial charge in [-0.2, -0.15) is 0 Å². The Kier molecular flexibility index (Phi) is 4.57. The largest absolute Gasteiger partial charge is 0.465 e. The van der Waals surface area contributed by atoms with E-state index in [1.54, 1.807) is 13.8 Å². The van der Waals surface area contributed by atoms with Gasteiger partial charge in [-0.25, -0.2) is 4.79 Å². The Labute approximate surface area is 109 Å². The Balaban J connectivity index is 3.22. The second kappa shape index (κ2) is 5.94. The van der Waals surface area contributed by atoms with Gasteiger partial charge in [-0.1, -0.05) is 0 Å². The molecule has 0 aliphatic rings. The highest BCUT2D eigenvalue weighted by Gasteiger charge is 2.22. The molecule has 0 spiro atoms. The van der Waals surface area contributed by atoms with Gasteiger partial charge in [0.25, 0.3) is 11.6 Å². The second-order valence-corrected chi connectivity index (χ2v) is 4.11. The van der Waals surface area contributed by atoms with Crippen LogP contribution in [-0.2, 0) is 4.74 Å². The van der Waals surface area contributed by atoms with Crippen LogP contribution in [0.2, 0.25) is 0 Å². The standard InChI is InChI=1S/C12H14N2O5/c1-7(2)13-11(15)9-5-4-8(12(16)19-3)6-10(9)14(17)18/h4-7H,1-3H3,(H,13,15). The minimum absolute atomic E-state index is 0.0234. The molecule has 102 valence electrons. The van der Waals surface area contributed by atoms with E-state index >= 15 is 0 Å². The fourth-order valence-corrected chi connectivity index (χ4v) is 1.46. The predicted octanol–water partition coefficient (Wildman–Crippen LogP) is 1.52. The molecule has 1 aromatic rings. The van der Waals surface area contributed by atoms with Gasteiger partial charge in [-0.05, 0) is 26.0 Å². The van der Waals surface area contributed by atoms with Crippen LogP contribution in [0.3, 0.4) is 0 Å². The van der Waals surface area contributed by atoms with Gasteiger partial charge >= 0.3 is 5.97 Å². The van der Waals surface area contributed by atoms with E-state index in [4.69, 9.17) is 0 Å². The first-order chi connectivity index (χ1) is 8.86. The van der Waals surface area contributed by atoms with E-state index in [0.717, 1.165) is 6.07 Å². The number of ether oxygens (including phenoxy) is 1. The lowest BCUT2D eigenvalue weighted by molar-refractivity contribution is -0.385. The zero-order valence-corrected chi connectivity index (χ0v) is 10.8. The number of carbonyl (C=O) groups is 2. The summed E-state index contributed by atoms with van der Waals surface area (Å²) < 4.78 is 4.47. The summed E-state index contributed by atoms with van der Waals surface area (Å²) in [5.41, 5.74) is -0.497. The van der Waals surface area contributed by atoms with Crippen molar-refractivity contribution in [2.75, 3.05) is 7.11 Å². The molecule has 19 heavy (non-hydrogen) atoms. The normalized spacial score (nSPS) is 10.1. The summed E-state index contributed by atoms with van der Waals surface area (Å²) in [7, 11) is 1.17. The summed E-state index contributed by atoms with van der Waals surface area (Å²) in [5.74, 6) is -1.25. The summed E-state index contributed by atoms with van der Waals surface area (Å²) in [5, 5.41) is 13.5.